The van der Waals surface area contributed by atoms with E-state index in [1.807, 2.05) is 35.1 Å². The summed E-state index contributed by atoms with van der Waals surface area (Å²) < 4.78 is 28.6. The van der Waals surface area contributed by atoms with Crippen molar-refractivity contribution in [2.45, 2.75) is 37.6 Å². The minimum absolute atomic E-state index is 0.0137. The van der Waals surface area contributed by atoms with Gasteiger partial charge in [-0.2, -0.15) is 4.98 Å². The van der Waals surface area contributed by atoms with Crippen LogP contribution in [0, 0.1) is 0 Å². The Morgan fingerprint density at radius 1 is 1.19 bits per heavy atom. The van der Waals surface area contributed by atoms with E-state index in [-0.39, 0.29) is 18.9 Å². The predicted octanol–water partition coefficient (Wildman–Crippen LogP) is 4.26. The summed E-state index contributed by atoms with van der Waals surface area (Å²) in [6.45, 7) is 0. The lowest BCUT2D eigenvalue weighted by molar-refractivity contribution is -0.0361. The normalized spacial score (nSPS) is 17.6. The molecule has 4 heterocycles. The summed E-state index contributed by atoms with van der Waals surface area (Å²) >= 11 is 0. The zero-order chi connectivity index (χ0) is 18.4. The molecular formula is C19H18F2N6. The third kappa shape index (κ3) is 3.01. The molecule has 1 fully saturated rings. The number of aromatic nitrogens is 5. The lowest BCUT2D eigenvalue weighted by atomic mass is 9.92. The summed E-state index contributed by atoms with van der Waals surface area (Å²) in [6.07, 6.45) is 10.0. The van der Waals surface area contributed by atoms with E-state index in [0.29, 0.717) is 18.8 Å². The molecule has 4 aromatic heterocycles. The molecule has 27 heavy (non-hydrogen) atoms. The summed E-state index contributed by atoms with van der Waals surface area (Å²) in [4.78, 5) is 16.4. The van der Waals surface area contributed by atoms with E-state index in [1.165, 1.54) is 0 Å². The van der Waals surface area contributed by atoms with Crippen molar-refractivity contribution in [3.8, 4) is 11.1 Å². The summed E-state index contributed by atoms with van der Waals surface area (Å²) in [7, 11) is 0. The topological polar surface area (TPSA) is 70.9 Å². The van der Waals surface area contributed by atoms with Crippen LogP contribution in [0.3, 0.4) is 0 Å². The Bertz CT molecular complexity index is 1110. The number of nitrogens with one attached hydrogen (secondary N) is 2. The zero-order valence-corrected chi connectivity index (χ0v) is 14.5. The van der Waals surface area contributed by atoms with Gasteiger partial charge in [0.05, 0.1) is 0 Å². The molecule has 0 saturated heterocycles. The predicted molar refractivity (Wildman–Crippen MR) is 98.9 cm³/mol. The van der Waals surface area contributed by atoms with E-state index in [9.17, 15) is 8.78 Å². The molecular weight excluding hydrogens is 350 g/mol. The number of rotatable bonds is 3. The Hall–Kier alpha value is -3.03. The highest BCUT2D eigenvalue weighted by molar-refractivity contribution is 5.93. The molecule has 0 aromatic carbocycles. The third-order valence-electron chi connectivity index (χ3n) is 5.18. The molecule has 2 N–H and O–H groups in total. The lowest BCUT2D eigenvalue weighted by Gasteiger charge is -2.28. The first-order chi connectivity index (χ1) is 13.1. The fourth-order valence-corrected chi connectivity index (χ4v) is 3.66. The zero-order valence-electron chi connectivity index (χ0n) is 14.5. The van der Waals surface area contributed by atoms with Crippen LogP contribution < -0.4 is 5.32 Å². The van der Waals surface area contributed by atoms with Crippen molar-refractivity contribution in [2.24, 2.45) is 0 Å². The first kappa shape index (κ1) is 16.2. The van der Waals surface area contributed by atoms with Crippen molar-refractivity contribution in [3.05, 3.63) is 43.1 Å². The van der Waals surface area contributed by atoms with Gasteiger partial charge < -0.3 is 14.7 Å². The van der Waals surface area contributed by atoms with Crippen molar-refractivity contribution in [1.29, 1.82) is 0 Å². The van der Waals surface area contributed by atoms with Gasteiger partial charge in [0.15, 0.2) is 0 Å². The molecule has 0 atom stereocenters. The van der Waals surface area contributed by atoms with Crippen LogP contribution in [0.25, 0.3) is 27.8 Å². The van der Waals surface area contributed by atoms with E-state index in [2.05, 4.69) is 25.3 Å². The van der Waals surface area contributed by atoms with E-state index in [0.717, 1.165) is 27.8 Å². The standard InChI is InChI=1S/C19H18F2N6/c20-19(21)5-3-13(4-6-19)25-18-24-10-15-14(9-23-17(15)26-18)12-1-2-16-22-7-8-27(16)11-12/h1-2,7-11,13H,3-6H2,(H2,23,24,25,26). The van der Waals surface area contributed by atoms with Gasteiger partial charge in [0.1, 0.15) is 11.3 Å². The number of H-pyrrole nitrogens is 1. The highest BCUT2D eigenvalue weighted by atomic mass is 19.3. The first-order valence-corrected chi connectivity index (χ1v) is 8.99. The van der Waals surface area contributed by atoms with Crippen LogP contribution in [-0.4, -0.2) is 36.3 Å². The molecule has 5 rings (SSSR count). The Morgan fingerprint density at radius 3 is 2.89 bits per heavy atom. The number of nitrogens with zero attached hydrogens (tertiary/aromatic N) is 4. The fraction of sp³-hybridized carbons (Fsp3) is 0.316. The number of halogens is 2. The molecule has 0 amide bonds. The second-order valence-electron chi connectivity index (χ2n) is 7.04. The quantitative estimate of drug-likeness (QED) is 0.567. The SMILES string of the molecule is FC1(F)CCC(Nc2ncc3c(-c4ccc5nccn5c4)c[nH]c3n2)CC1. The number of hydrogen-bond donors (Lipinski definition) is 2. The maximum atomic E-state index is 13.3. The van der Waals surface area contributed by atoms with E-state index in [1.54, 1.807) is 12.4 Å². The molecule has 1 aliphatic carbocycles. The molecule has 4 aromatic rings. The molecule has 0 spiro atoms. The van der Waals surface area contributed by atoms with Crippen LogP contribution in [0.5, 0.6) is 0 Å². The van der Waals surface area contributed by atoms with Gasteiger partial charge in [0, 0.05) is 66.4 Å². The Kier molecular flexibility index (Phi) is 3.60. The average molecular weight is 368 g/mol. The van der Waals surface area contributed by atoms with Crippen LogP contribution in [-0.2, 0) is 0 Å². The van der Waals surface area contributed by atoms with Gasteiger partial charge in [-0.05, 0) is 25.0 Å². The number of anilines is 1. The number of pyridine rings is 1. The summed E-state index contributed by atoms with van der Waals surface area (Å²) in [5.74, 6) is -2.07. The Labute approximate surface area is 153 Å². The van der Waals surface area contributed by atoms with Gasteiger partial charge in [-0.3, -0.25) is 0 Å². The van der Waals surface area contributed by atoms with Crippen molar-refractivity contribution in [3.63, 3.8) is 0 Å². The molecule has 6 nitrogen and oxygen atoms in total. The number of hydrogen-bond acceptors (Lipinski definition) is 4. The molecule has 1 aliphatic rings. The van der Waals surface area contributed by atoms with Crippen molar-refractivity contribution >= 4 is 22.6 Å². The Morgan fingerprint density at radius 2 is 2.04 bits per heavy atom. The van der Waals surface area contributed by atoms with Gasteiger partial charge >= 0.3 is 0 Å². The number of imidazole rings is 1. The van der Waals surface area contributed by atoms with E-state index < -0.39 is 5.92 Å². The van der Waals surface area contributed by atoms with Crippen LogP contribution in [0.2, 0.25) is 0 Å². The van der Waals surface area contributed by atoms with Gasteiger partial charge in [-0.25, -0.2) is 18.7 Å². The summed E-state index contributed by atoms with van der Waals surface area (Å²) in [5, 5.41) is 4.10. The van der Waals surface area contributed by atoms with E-state index in [4.69, 9.17) is 0 Å². The molecule has 138 valence electrons. The van der Waals surface area contributed by atoms with Crippen molar-refractivity contribution in [1.82, 2.24) is 24.3 Å². The number of alkyl halides is 2. The highest BCUT2D eigenvalue weighted by Crippen LogP contribution is 2.34. The summed E-state index contributed by atoms with van der Waals surface area (Å²) in [5.41, 5.74) is 3.64. The third-order valence-corrected chi connectivity index (χ3v) is 5.18. The second-order valence-corrected chi connectivity index (χ2v) is 7.04. The maximum absolute atomic E-state index is 13.3. The molecule has 0 unspecified atom stereocenters. The number of aromatic amines is 1. The molecule has 0 bridgehead atoms. The maximum Gasteiger partial charge on any atom is 0.248 e. The van der Waals surface area contributed by atoms with Crippen molar-refractivity contribution in [2.75, 3.05) is 5.32 Å². The van der Waals surface area contributed by atoms with Crippen molar-refractivity contribution < 1.29 is 8.78 Å². The van der Waals surface area contributed by atoms with Crippen LogP contribution in [0.4, 0.5) is 14.7 Å². The number of fused-ring (bicyclic) bond motifs is 2. The Balaban J connectivity index is 1.41. The minimum Gasteiger partial charge on any atom is -0.351 e. The molecule has 1 saturated carbocycles. The largest absolute Gasteiger partial charge is 0.351 e. The monoisotopic (exact) mass is 368 g/mol. The average Bonchev–Trinajstić information content (AvgIpc) is 3.29. The van der Waals surface area contributed by atoms with Gasteiger partial charge in [0.25, 0.3) is 0 Å². The molecule has 8 heteroatoms. The fourth-order valence-electron chi connectivity index (χ4n) is 3.66. The van der Waals surface area contributed by atoms with Crippen LogP contribution in [0.1, 0.15) is 25.7 Å². The lowest BCUT2D eigenvalue weighted by Crippen LogP contribution is -2.32. The molecule has 0 aliphatic heterocycles. The summed E-state index contributed by atoms with van der Waals surface area (Å²) in [6, 6.07) is 3.96. The first-order valence-electron chi connectivity index (χ1n) is 8.99. The second kappa shape index (κ2) is 6.00. The smallest absolute Gasteiger partial charge is 0.248 e. The van der Waals surface area contributed by atoms with Crippen LogP contribution in [0.15, 0.2) is 43.1 Å². The molecule has 0 radical (unpaired) electrons. The highest BCUT2D eigenvalue weighted by Gasteiger charge is 2.35. The van der Waals surface area contributed by atoms with Gasteiger partial charge in [-0.15, -0.1) is 0 Å². The van der Waals surface area contributed by atoms with E-state index >= 15 is 0 Å². The van der Waals surface area contributed by atoms with Crippen LogP contribution >= 0.6 is 0 Å². The van der Waals surface area contributed by atoms with Gasteiger partial charge in [-0.1, -0.05) is 0 Å². The minimum atomic E-state index is -2.53. The van der Waals surface area contributed by atoms with Gasteiger partial charge in [0.2, 0.25) is 11.9 Å².